The second kappa shape index (κ2) is 5.12. The van der Waals surface area contributed by atoms with Gasteiger partial charge >= 0.3 is 0 Å². The van der Waals surface area contributed by atoms with E-state index in [0.29, 0.717) is 12.2 Å². The Bertz CT molecular complexity index is 704. The number of aromatic nitrogens is 2. The molecule has 3 rings (SSSR count). The number of hydrogen-bond acceptors (Lipinski definition) is 3. The number of aromatic amines is 1. The van der Waals surface area contributed by atoms with Crippen molar-refractivity contribution in [3.05, 3.63) is 45.5 Å². The number of H-pyrrole nitrogens is 1. The first-order valence-corrected chi connectivity index (χ1v) is 7.05. The summed E-state index contributed by atoms with van der Waals surface area (Å²) in [5.41, 5.74) is 3.46. The summed E-state index contributed by atoms with van der Waals surface area (Å²) in [5.74, 6) is 1.63. The normalized spacial score (nSPS) is 13.1. The number of ether oxygens (including phenoxy) is 1. The third-order valence-corrected chi connectivity index (χ3v) is 3.66. The van der Waals surface area contributed by atoms with Gasteiger partial charge in [0.25, 0.3) is 5.56 Å². The minimum atomic E-state index is -0.0611. The van der Waals surface area contributed by atoms with E-state index in [-0.39, 0.29) is 5.56 Å². The monoisotopic (exact) mass is 270 g/mol. The summed E-state index contributed by atoms with van der Waals surface area (Å²) >= 11 is 0. The number of nitrogens with zero attached hydrogens (tertiary/aromatic N) is 1. The van der Waals surface area contributed by atoms with Crippen molar-refractivity contribution in [2.45, 2.75) is 33.1 Å². The van der Waals surface area contributed by atoms with Gasteiger partial charge in [-0.15, -0.1) is 0 Å². The summed E-state index contributed by atoms with van der Waals surface area (Å²) in [5, 5.41) is 0. The van der Waals surface area contributed by atoms with E-state index in [4.69, 9.17) is 4.74 Å². The van der Waals surface area contributed by atoms with Crippen molar-refractivity contribution in [3.63, 3.8) is 0 Å². The molecule has 0 bridgehead atoms. The average molecular weight is 270 g/mol. The Balaban J connectivity index is 2.19. The number of rotatable bonds is 3. The largest absolute Gasteiger partial charge is 0.492 e. The molecular weight excluding hydrogens is 252 g/mol. The predicted molar refractivity (Wildman–Crippen MR) is 78.2 cm³/mol. The van der Waals surface area contributed by atoms with Crippen LogP contribution < -0.4 is 10.3 Å². The number of hydrogen-bond donors (Lipinski definition) is 1. The van der Waals surface area contributed by atoms with E-state index in [2.05, 4.69) is 23.0 Å². The van der Waals surface area contributed by atoms with Gasteiger partial charge in [0, 0.05) is 24.0 Å². The fourth-order valence-corrected chi connectivity index (χ4v) is 2.60. The molecule has 20 heavy (non-hydrogen) atoms. The number of benzene rings is 1. The maximum absolute atomic E-state index is 12.1. The highest BCUT2D eigenvalue weighted by molar-refractivity contribution is 5.72. The summed E-state index contributed by atoms with van der Waals surface area (Å²) in [6.07, 6.45) is 2.65. The molecule has 104 valence electrons. The highest BCUT2D eigenvalue weighted by Gasteiger charge is 2.20. The van der Waals surface area contributed by atoms with Crippen LogP contribution in [-0.2, 0) is 12.8 Å². The Morgan fingerprint density at radius 3 is 3.05 bits per heavy atom. The zero-order chi connectivity index (χ0) is 14.1. The fraction of sp³-hybridized carbons (Fsp3) is 0.375. The van der Waals surface area contributed by atoms with E-state index in [9.17, 15) is 4.79 Å². The molecule has 4 nitrogen and oxygen atoms in total. The van der Waals surface area contributed by atoms with E-state index in [0.717, 1.165) is 42.1 Å². The van der Waals surface area contributed by atoms with Crippen LogP contribution in [0.4, 0.5) is 0 Å². The molecule has 1 aliphatic rings. The van der Waals surface area contributed by atoms with Gasteiger partial charge in [0.05, 0.1) is 12.3 Å². The molecule has 0 atom stereocenters. The third kappa shape index (κ3) is 2.11. The van der Waals surface area contributed by atoms with Crippen molar-refractivity contribution in [2.24, 2.45) is 0 Å². The van der Waals surface area contributed by atoms with Crippen LogP contribution in [0.25, 0.3) is 11.3 Å². The molecule has 0 saturated carbocycles. The molecule has 1 N–H and O–H groups in total. The Morgan fingerprint density at radius 1 is 1.40 bits per heavy atom. The molecule has 2 heterocycles. The first kappa shape index (κ1) is 12.9. The van der Waals surface area contributed by atoms with Crippen LogP contribution in [0.15, 0.2) is 23.0 Å². The van der Waals surface area contributed by atoms with Gasteiger partial charge in [0.2, 0.25) is 0 Å². The fourth-order valence-electron chi connectivity index (χ4n) is 2.60. The summed E-state index contributed by atoms with van der Waals surface area (Å²) in [6.45, 7) is 4.59. The Kier molecular flexibility index (Phi) is 3.30. The quantitative estimate of drug-likeness (QED) is 0.932. The summed E-state index contributed by atoms with van der Waals surface area (Å²) in [4.78, 5) is 19.6. The maximum Gasteiger partial charge on any atom is 0.254 e. The van der Waals surface area contributed by atoms with Crippen molar-refractivity contribution in [3.8, 4) is 17.0 Å². The Labute approximate surface area is 117 Å². The van der Waals surface area contributed by atoms with Gasteiger partial charge in [-0.3, -0.25) is 4.79 Å². The average Bonchev–Trinajstić information content (AvgIpc) is 2.91. The van der Waals surface area contributed by atoms with Crippen molar-refractivity contribution < 1.29 is 4.74 Å². The van der Waals surface area contributed by atoms with E-state index in [1.54, 1.807) is 0 Å². The lowest BCUT2D eigenvalue weighted by molar-refractivity contribution is 0.358. The second-order valence-corrected chi connectivity index (χ2v) is 5.13. The summed E-state index contributed by atoms with van der Waals surface area (Å²) < 4.78 is 5.73. The summed E-state index contributed by atoms with van der Waals surface area (Å²) in [7, 11) is 0. The standard InChI is InChI=1S/C16H18N2O2/c1-3-5-13-17-14(10(2)16(19)18-13)12-7-4-6-11-8-9-20-15(11)12/h4,6-7H,3,5,8-9H2,1-2H3,(H,17,18,19). The SMILES string of the molecule is CCCc1nc(-c2cccc3c2OCC3)c(C)c(=O)[nH]1. The van der Waals surface area contributed by atoms with E-state index in [1.165, 1.54) is 5.56 Å². The van der Waals surface area contributed by atoms with E-state index >= 15 is 0 Å². The zero-order valence-electron chi connectivity index (χ0n) is 11.8. The van der Waals surface area contributed by atoms with Gasteiger partial charge < -0.3 is 9.72 Å². The van der Waals surface area contributed by atoms with Crippen LogP contribution in [-0.4, -0.2) is 16.6 Å². The number of para-hydroxylation sites is 1. The zero-order valence-corrected chi connectivity index (χ0v) is 11.8. The van der Waals surface area contributed by atoms with Crippen LogP contribution >= 0.6 is 0 Å². The van der Waals surface area contributed by atoms with Gasteiger partial charge in [-0.25, -0.2) is 4.98 Å². The molecule has 0 spiro atoms. The molecule has 0 saturated heterocycles. The number of nitrogens with one attached hydrogen (secondary N) is 1. The number of aryl methyl sites for hydroxylation is 1. The topological polar surface area (TPSA) is 55.0 Å². The molecule has 1 aromatic carbocycles. The molecule has 0 fully saturated rings. The molecule has 4 heteroatoms. The van der Waals surface area contributed by atoms with E-state index in [1.807, 2.05) is 19.1 Å². The first-order chi connectivity index (χ1) is 9.70. The highest BCUT2D eigenvalue weighted by atomic mass is 16.5. The van der Waals surface area contributed by atoms with Crippen molar-refractivity contribution >= 4 is 0 Å². The predicted octanol–water partition coefficient (Wildman–Crippen LogP) is 2.63. The van der Waals surface area contributed by atoms with Crippen LogP contribution in [0.1, 0.15) is 30.3 Å². The summed E-state index contributed by atoms with van der Waals surface area (Å²) in [6, 6.07) is 6.06. The van der Waals surface area contributed by atoms with Crippen LogP contribution in [0, 0.1) is 6.92 Å². The number of fused-ring (bicyclic) bond motifs is 1. The molecule has 0 radical (unpaired) electrons. The van der Waals surface area contributed by atoms with Crippen molar-refractivity contribution in [1.29, 1.82) is 0 Å². The van der Waals surface area contributed by atoms with Crippen molar-refractivity contribution in [2.75, 3.05) is 6.61 Å². The van der Waals surface area contributed by atoms with Gasteiger partial charge in [0.1, 0.15) is 11.6 Å². The molecule has 1 aliphatic heterocycles. The first-order valence-electron chi connectivity index (χ1n) is 7.05. The maximum atomic E-state index is 12.1. The van der Waals surface area contributed by atoms with Gasteiger partial charge in [0.15, 0.2) is 0 Å². The third-order valence-electron chi connectivity index (χ3n) is 3.66. The second-order valence-electron chi connectivity index (χ2n) is 5.13. The molecule has 1 aromatic heterocycles. The molecule has 0 amide bonds. The Hall–Kier alpha value is -2.10. The Morgan fingerprint density at radius 2 is 2.25 bits per heavy atom. The van der Waals surface area contributed by atoms with Crippen LogP contribution in [0.2, 0.25) is 0 Å². The van der Waals surface area contributed by atoms with Crippen molar-refractivity contribution in [1.82, 2.24) is 9.97 Å². The van der Waals surface area contributed by atoms with Gasteiger partial charge in [-0.1, -0.05) is 19.1 Å². The lowest BCUT2D eigenvalue weighted by Crippen LogP contribution is -2.16. The minimum absolute atomic E-state index is 0.0611. The lowest BCUT2D eigenvalue weighted by atomic mass is 10.0. The lowest BCUT2D eigenvalue weighted by Gasteiger charge is -2.11. The highest BCUT2D eigenvalue weighted by Crippen LogP contribution is 2.36. The molecule has 2 aromatic rings. The van der Waals surface area contributed by atoms with Crippen LogP contribution in [0.5, 0.6) is 5.75 Å². The van der Waals surface area contributed by atoms with Gasteiger partial charge in [-0.05, 0) is 25.0 Å². The minimum Gasteiger partial charge on any atom is -0.492 e. The van der Waals surface area contributed by atoms with Crippen LogP contribution in [0.3, 0.4) is 0 Å². The smallest absolute Gasteiger partial charge is 0.254 e. The molecule has 0 unspecified atom stereocenters. The van der Waals surface area contributed by atoms with Gasteiger partial charge in [-0.2, -0.15) is 0 Å². The van der Waals surface area contributed by atoms with E-state index < -0.39 is 0 Å². The molecule has 0 aliphatic carbocycles. The molecular formula is C16H18N2O2.